The molecule has 0 amide bonds. The summed E-state index contributed by atoms with van der Waals surface area (Å²) in [5.41, 5.74) is 5.62. The van der Waals surface area contributed by atoms with Crippen molar-refractivity contribution >= 4 is 30.1 Å². The van der Waals surface area contributed by atoms with Gasteiger partial charge in [0.25, 0.3) is 0 Å². The Labute approximate surface area is 213 Å². The first-order valence-corrected chi connectivity index (χ1v) is 15.4. The Balaban J connectivity index is 0.000000312. The molecule has 0 spiro atoms. The molecule has 1 saturated carbocycles. The molecule has 1 aliphatic heterocycles. The van der Waals surface area contributed by atoms with Crippen LogP contribution in [0.3, 0.4) is 0 Å². The van der Waals surface area contributed by atoms with Crippen molar-refractivity contribution in [1.82, 2.24) is 0 Å². The van der Waals surface area contributed by atoms with Gasteiger partial charge in [-0.1, -0.05) is 82.9 Å². The molecule has 0 saturated heterocycles. The minimum atomic E-state index is -0.556. The maximum absolute atomic E-state index is 10.4. The van der Waals surface area contributed by atoms with Gasteiger partial charge >= 0.3 is 35.6 Å². The third kappa shape index (κ3) is 6.41. The number of nitrogens with zero attached hydrogens (tertiary/aromatic N) is 2. The van der Waals surface area contributed by atoms with Crippen molar-refractivity contribution in [2.45, 2.75) is 55.0 Å². The number of anilines is 1. The Kier molecular flexibility index (Phi) is 12.0. The summed E-state index contributed by atoms with van der Waals surface area (Å²) < 4.78 is 0. The van der Waals surface area contributed by atoms with E-state index in [0.29, 0.717) is 5.84 Å². The molecule has 4 rings (SSSR count). The first-order valence-electron chi connectivity index (χ1n) is 11.1. The zero-order chi connectivity index (χ0) is 23.3. The monoisotopic (exact) mass is 508 g/mol. The van der Waals surface area contributed by atoms with E-state index in [1.54, 1.807) is 0 Å². The van der Waals surface area contributed by atoms with E-state index < -0.39 is 17.0 Å². The molecule has 1 heterocycles. The number of fused-ring (bicyclic) bond motifs is 1. The van der Waals surface area contributed by atoms with E-state index in [1.807, 2.05) is 23.1 Å². The quantitative estimate of drug-likeness (QED) is 0.279. The maximum atomic E-state index is 10.4. The zero-order valence-electron chi connectivity index (χ0n) is 20.8. The van der Waals surface area contributed by atoms with Crippen LogP contribution in [-0.2, 0) is 23.6 Å². The Hall–Kier alpha value is -0.796. The Morgan fingerprint density at radius 3 is 1.59 bits per heavy atom. The molecular formula is C27H38Cl2N2Ti-2. The van der Waals surface area contributed by atoms with Gasteiger partial charge in [0.1, 0.15) is 0 Å². The zero-order valence-corrected chi connectivity index (χ0v) is 23.9. The molecule has 0 aromatic heterocycles. The van der Waals surface area contributed by atoms with Crippen LogP contribution in [-0.4, -0.2) is 5.84 Å². The van der Waals surface area contributed by atoms with Crippen molar-refractivity contribution in [3.8, 4) is 0 Å². The van der Waals surface area contributed by atoms with Gasteiger partial charge in [-0.15, -0.1) is 0 Å². The predicted octanol–water partition coefficient (Wildman–Crippen LogP) is 8.65. The SMILES string of the molecule is CC1C(C)C(C)C(C)C1C.Cc1cccc(C)c1N1Cc2ccccc2C1=[N-].[CH3-].[Cl][Ti][Cl]. The molecule has 176 valence electrons. The average Bonchev–Trinajstić information content (AvgIpc) is 3.15. The number of rotatable bonds is 1. The number of hydrogen-bond donors (Lipinski definition) is 0. The number of aryl methyl sites for hydroxylation is 2. The molecule has 32 heavy (non-hydrogen) atoms. The van der Waals surface area contributed by atoms with Crippen molar-refractivity contribution in [3.63, 3.8) is 0 Å². The summed E-state index contributed by atoms with van der Waals surface area (Å²) in [6.45, 7) is 16.9. The van der Waals surface area contributed by atoms with Crippen LogP contribution < -0.4 is 4.90 Å². The van der Waals surface area contributed by atoms with Crippen molar-refractivity contribution in [1.29, 1.82) is 0 Å². The van der Waals surface area contributed by atoms with Crippen LogP contribution in [0, 0.1) is 50.9 Å². The van der Waals surface area contributed by atoms with Crippen LogP contribution in [0.5, 0.6) is 0 Å². The van der Waals surface area contributed by atoms with Gasteiger partial charge in [0, 0.05) is 0 Å². The molecular weight excluding hydrogens is 471 g/mol. The van der Waals surface area contributed by atoms with Crippen molar-refractivity contribution in [3.05, 3.63) is 77.6 Å². The van der Waals surface area contributed by atoms with Gasteiger partial charge in [-0.2, -0.15) is 0 Å². The van der Waals surface area contributed by atoms with E-state index in [0.717, 1.165) is 47.4 Å². The van der Waals surface area contributed by atoms with Crippen LogP contribution in [0.25, 0.3) is 5.41 Å². The number of amidine groups is 1. The van der Waals surface area contributed by atoms with Gasteiger partial charge in [0.2, 0.25) is 0 Å². The average molecular weight is 509 g/mol. The van der Waals surface area contributed by atoms with E-state index >= 15 is 0 Å². The van der Waals surface area contributed by atoms with Crippen LogP contribution >= 0.6 is 18.6 Å². The summed E-state index contributed by atoms with van der Waals surface area (Å²) in [7, 11) is 9.78. The topological polar surface area (TPSA) is 25.5 Å². The Morgan fingerprint density at radius 2 is 1.19 bits per heavy atom. The molecule has 0 bridgehead atoms. The van der Waals surface area contributed by atoms with Crippen LogP contribution in [0.1, 0.15) is 56.9 Å². The second kappa shape index (κ2) is 13.2. The van der Waals surface area contributed by atoms with Crippen LogP contribution in [0.2, 0.25) is 0 Å². The van der Waals surface area contributed by atoms with Gasteiger partial charge in [0.15, 0.2) is 0 Å². The van der Waals surface area contributed by atoms with Gasteiger partial charge in [-0.3, -0.25) is 0 Å². The standard InChI is InChI=1S/C16H15N2.C10H20.CH3.2ClH.Ti/c1-11-6-5-7-12(2)15(11)18-10-13-8-3-4-9-14(13)16(18)17;1-6-7(2)9(4)10(5)8(6)3;;;;/h3-9H,10H2,1-2H3;6-10H,1-5H3;1H3;2*1H;/q-1;;-1;;;+2/p-2. The molecule has 1 fully saturated rings. The fourth-order valence-electron chi connectivity index (χ4n) is 5.08. The Bertz CT molecular complexity index is 821. The van der Waals surface area contributed by atoms with Crippen molar-refractivity contribution in [2.75, 3.05) is 4.90 Å². The summed E-state index contributed by atoms with van der Waals surface area (Å²) in [5, 5.41) is 10.4. The fourth-order valence-corrected chi connectivity index (χ4v) is 5.08. The number of halogens is 2. The molecule has 5 heteroatoms. The van der Waals surface area contributed by atoms with Gasteiger partial charge in [0.05, 0.1) is 0 Å². The van der Waals surface area contributed by atoms with E-state index in [2.05, 4.69) is 72.7 Å². The normalized spacial score (nSPS) is 25.6. The fraction of sp³-hybridized carbons (Fsp3) is 0.481. The van der Waals surface area contributed by atoms with Crippen LogP contribution in [0.15, 0.2) is 42.5 Å². The molecule has 2 aromatic rings. The summed E-state index contributed by atoms with van der Waals surface area (Å²) in [6, 6.07) is 14.2. The van der Waals surface area contributed by atoms with Crippen LogP contribution in [0.4, 0.5) is 5.69 Å². The third-order valence-electron chi connectivity index (χ3n) is 7.70. The molecule has 0 atom stereocenters. The van der Waals surface area contributed by atoms with E-state index in [4.69, 9.17) is 18.6 Å². The minimum absolute atomic E-state index is 0. The van der Waals surface area contributed by atoms with Gasteiger partial charge in [-0.25, -0.2) is 0 Å². The number of para-hydroxylation sites is 1. The van der Waals surface area contributed by atoms with Gasteiger partial charge in [-0.05, 0) is 77.9 Å². The van der Waals surface area contributed by atoms with E-state index in [1.165, 1.54) is 16.7 Å². The second-order valence-electron chi connectivity index (χ2n) is 9.17. The summed E-state index contributed by atoms with van der Waals surface area (Å²) >= 11 is -0.556. The Morgan fingerprint density at radius 1 is 0.781 bits per heavy atom. The van der Waals surface area contributed by atoms with Crippen molar-refractivity contribution < 1.29 is 17.0 Å². The molecule has 2 nitrogen and oxygen atoms in total. The van der Waals surface area contributed by atoms with Crippen molar-refractivity contribution in [2.24, 2.45) is 29.6 Å². The number of hydrogen-bond acceptors (Lipinski definition) is 0. The molecule has 1 aliphatic carbocycles. The molecule has 2 aromatic carbocycles. The van der Waals surface area contributed by atoms with Gasteiger partial charge < -0.3 is 17.7 Å². The summed E-state index contributed by atoms with van der Waals surface area (Å²) in [4.78, 5) is 2.00. The predicted molar refractivity (Wildman–Crippen MR) is 140 cm³/mol. The number of benzene rings is 2. The summed E-state index contributed by atoms with van der Waals surface area (Å²) in [5.74, 6) is 5.04. The van der Waals surface area contributed by atoms with E-state index in [9.17, 15) is 5.41 Å². The molecule has 2 aliphatic rings. The second-order valence-corrected chi connectivity index (χ2v) is 11.8. The first-order chi connectivity index (χ1) is 14.6. The summed E-state index contributed by atoms with van der Waals surface area (Å²) in [6.07, 6.45) is 0. The molecule has 0 N–H and O–H groups in total. The van der Waals surface area contributed by atoms with E-state index in [-0.39, 0.29) is 7.43 Å². The molecule has 0 unspecified atom stereocenters. The molecule has 0 radical (unpaired) electrons. The third-order valence-corrected chi connectivity index (χ3v) is 7.70. The first kappa shape index (κ1) is 29.2.